The van der Waals surface area contributed by atoms with Crippen LogP contribution in [0.2, 0.25) is 5.02 Å². The van der Waals surface area contributed by atoms with Crippen molar-refractivity contribution in [3.63, 3.8) is 0 Å². The number of fused-ring (bicyclic) bond motifs is 1. The summed E-state index contributed by atoms with van der Waals surface area (Å²) in [6, 6.07) is 11.4. The van der Waals surface area contributed by atoms with E-state index < -0.39 is 9.84 Å². The van der Waals surface area contributed by atoms with Crippen LogP contribution in [0, 0.1) is 0 Å². The molecule has 3 aromatic heterocycles. The summed E-state index contributed by atoms with van der Waals surface area (Å²) in [5.41, 5.74) is 3.97. The van der Waals surface area contributed by atoms with Crippen molar-refractivity contribution in [2.45, 2.75) is 6.54 Å². The Labute approximate surface area is 196 Å². The topological polar surface area (TPSA) is 95.1 Å². The van der Waals surface area contributed by atoms with Crippen LogP contribution in [0.25, 0.3) is 28.2 Å². The van der Waals surface area contributed by atoms with Crippen molar-refractivity contribution >= 4 is 38.3 Å². The van der Waals surface area contributed by atoms with Crippen molar-refractivity contribution < 1.29 is 13.2 Å². The smallest absolute Gasteiger partial charge is 0.164 e. The second kappa shape index (κ2) is 8.77. The molecule has 0 bridgehead atoms. The Kier molecular flexibility index (Phi) is 5.81. The first-order chi connectivity index (χ1) is 15.9. The minimum Gasteiger partial charge on any atom is -0.378 e. The van der Waals surface area contributed by atoms with Gasteiger partial charge >= 0.3 is 0 Å². The zero-order valence-electron chi connectivity index (χ0n) is 18.1. The van der Waals surface area contributed by atoms with Crippen LogP contribution in [0.5, 0.6) is 0 Å². The third kappa shape index (κ3) is 4.73. The number of ether oxygens (including phenoxy) is 1. The number of pyridine rings is 1. The average Bonchev–Trinajstić information content (AvgIpc) is 3.45. The lowest BCUT2D eigenvalue weighted by Gasteiger charge is -2.29. The summed E-state index contributed by atoms with van der Waals surface area (Å²) < 4.78 is 32.5. The molecule has 0 aliphatic carbocycles. The Morgan fingerprint density at radius 1 is 1.15 bits per heavy atom. The minimum atomic E-state index is -3.12. The predicted molar refractivity (Wildman–Crippen MR) is 128 cm³/mol. The number of benzene rings is 1. The van der Waals surface area contributed by atoms with E-state index in [2.05, 4.69) is 9.88 Å². The molecule has 1 aliphatic heterocycles. The van der Waals surface area contributed by atoms with Gasteiger partial charge in [0.2, 0.25) is 0 Å². The first-order valence-corrected chi connectivity index (χ1v) is 13.0. The van der Waals surface area contributed by atoms with E-state index in [1.807, 2.05) is 42.6 Å². The third-order valence-corrected chi connectivity index (χ3v) is 6.70. The minimum absolute atomic E-state index is 0.0118. The number of nitrogens with zero attached hydrogens (tertiary/aromatic N) is 6. The molecule has 11 heteroatoms. The van der Waals surface area contributed by atoms with Gasteiger partial charge in [-0.2, -0.15) is 5.10 Å². The molecule has 0 spiro atoms. The molecular formula is C22H23ClN6O3S. The van der Waals surface area contributed by atoms with E-state index in [-0.39, 0.29) is 12.3 Å². The van der Waals surface area contributed by atoms with Crippen LogP contribution in [0.4, 0.5) is 5.69 Å². The van der Waals surface area contributed by atoms with Gasteiger partial charge in [0, 0.05) is 48.7 Å². The normalized spacial score (nSPS) is 14.8. The van der Waals surface area contributed by atoms with Gasteiger partial charge in [-0.1, -0.05) is 23.7 Å². The fourth-order valence-electron chi connectivity index (χ4n) is 3.85. The number of hydrogen-bond acceptors (Lipinski definition) is 7. The summed E-state index contributed by atoms with van der Waals surface area (Å²) >= 11 is 6.14. The monoisotopic (exact) mass is 486 g/mol. The molecule has 1 aliphatic rings. The van der Waals surface area contributed by atoms with E-state index in [0.29, 0.717) is 29.7 Å². The average molecular weight is 487 g/mol. The molecule has 33 heavy (non-hydrogen) atoms. The highest BCUT2D eigenvalue weighted by molar-refractivity contribution is 7.90. The van der Waals surface area contributed by atoms with Gasteiger partial charge < -0.3 is 14.2 Å². The zero-order valence-corrected chi connectivity index (χ0v) is 19.6. The molecule has 5 rings (SSSR count). The largest absolute Gasteiger partial charge is 0.378 e. The van der Waals surface area contributed by atoms with Crippen molar-refractivity contribution in [1.29, 1.82) is 0 Å². The molecule has 0 unspecified atom stereocenters. The molecule has 0 amide bonds. The lowest BCUT2D eigenvalue weighted by atomic mass is 10.2. The first-order valence-electron chi connectivity index (χ1n) is 10.6. The number of anilines is 1. The van der Waals surface area contributed by atoms with Crippen LogP contribution in [-0.4, -0.2) is 71.0 Å². The summed E-state index contributed by atoms with van der Waals surface area (Å²) in [5, 5.41) is 5.36. The van der Waals surface area contributed by atoms with Crippen LogP contribution in [0.1, 0.15) is 0 Å². The molecule has 4 aromatic rings. The summed E-state index contributed by atoms with van der Waals surface area (Å²) in [6.07, 6.45) is 4.73. The van der Waals surface area contributed by atoms with E-state index in [4.69, 9.17) is 26.4 Å². The summed E-state index contributed by atoms with van der Waals surface area (Å²) in [4.78, 5) is 11.6. The van der Waals surface area contributed by atoms with Gasteiger partial charge in [-0.05, 0) is 18.2 Å². The van der Waals surface area contributed by atoms with Crippen molar-refractivity contribution in [1.82, 2.24) is 24.3 Å². The predicted octanol–water partition coefficient (Wildman–Crippen LogP) is 2.82. The highest BCUT2D eigenvalue weighted by Gasteiger charge is 2.20. The Morgan fingerprint density at radius 3 is 2.73 bits per heavy atom. The molecule has 0 N–H and O–H groups in total. The van der Waals surface area contributed by atoms with Crippen LogP contribution in [0.3, 0.4) is 0 Å². The zero-order chi connectivity index (χ0) is 23.0. The van der Waals surface area contributed by atoms with Gasteiger partial charge in [-0.25, -0.2) is 23.1 Å². The number of halogens is 1. The van der Waals surface area contributed by atoms with Crippen molar-refractivity contribution in [3.8, 4) is 17.1 Å². The molecule has 0 atom stereocenters. The van der Waals surface area contributed by atoms with Gasteiger partial charge in [-0.3, -0.25) is 0 Å². The van der Waals surface area contributed by atoms with Gasteiger partial charge in [0.05, 0.1) is 36.7 Å². The summed E-state index contributed by atoms with van der Waals surface area (Å²) in [5.74, 6) is 0.635. The van der Waals surface area contributed by atoms with Crippen molar-refractivity contribution in [3.05, 3.63) is 53.9 Å². The molecule has 4 heterocycles. The molecule has 1 aromatic carbocycles. The lowest BCUT2D eigenvalue weighted by Crippen LogP contribution is -2.36. The fourth-order valence-corrected chi connectivity index (χ4v) is 4.57. The van der Waals surface area contributed by atoms with E-state index in [1.54, 1.807) is 15.6 Å². The Hall–Kier alpha value is -2.95. The Morgan fingerprint density at radius 2 is 1.97 bits per heavy atom. The molecule has 0 radical (unpaired) electrons. The molecular weight excluding hydrogens is 464 g/mol. The summed E-state index contributed by atoms with van der Waals surface area (Å²) in [7, 11) is -3.12. The molecule has 0 saturated carbocycles. The number of sulfone groups is 1. The maximum Gasteiger partial charge on any atom is 0.164 e. The number of imidazole rings is 1. The van der Waals surface area contributed by atoms with E-state index in [1.165, 1.54) is 6.26 Å². The number of morpholine rings is 1. The summed E-state index contributed by atoms with van der Waals surface area (Å²) in [6.45, 7) is 3.02. The van der Waals surface area contributed by atoms with Crippen LogP contribution in [-0.2, 0) is 21.1 Å². The fraction of sp³-hybridized carbons (Fsp3) is 0.318. The maximum absolute atomic E-state index is 11.7. The van der Waals surface area contributed by atoms with Gasteiger partial charge in [-0.15, -0.1) is 0 Å². The second-order valence-electron chi connectivity index (χ2n) is 7.99. The van der Waals surface area contributed by atoms with Gasteiger partial charge in [0.1, 0.15) is 15.4 Å². The van der Waals surface area contributed by atoms with Crippen LogP contribution in [0.15, 0.2) is 48.9 Å². The highest BCUT2D eigenvalue weighted by Crippen LogP contribution is 2.29. The number of aryl methyl sites for hydroxylation is 1. The molecule has 1 saturated heterocycles. The Bertz CT molecular complexity index is 1410. The number of hydrogen-bond donors (Lipinski definition) is 0. The molecule has 9 nitrogen and oxygen atoms in total. The van der Waals surface area contributed by atoms with E-state index in [0.717, 1.165) is 35.6 Å². The van der Waals surface area contributed by atoms with E-state index in [9.17, 15) is 8.42 Å². The lowest BCUT2D eigenvalue weighted by molar-refractivity contribution is 0.123. The quantitative estimate of drug-likeness (QED) is 0.413. The maximum atomic E-state index is 11.7. The second-order valence-corrected chi connectivity index (χ2v) is 10.7. The van der Waals surface area contributed by atoms with Gasteiger partial charge in [0.25, 0.3) is 0 Å². The number of rotatable bonds is 6. The Balaban J connectivity index is 1.59. The van der Waals surface area contributed by atoms with Crippen molar-refractivity contribution in [2.24, 2.45) is 0 Å². The van der Waals surface area contributed by atoms with Crippen LogP contribution < -0.4 is 4.90 Å². The van der Waals surface area contributed by atoms with Crippen LogP contribution >= 0.6 is 11.6 Å². The number of aromatic nitrogens is 5. The SMILES string of the molecule is CS(=O)(=O)CCn1cnc2c(N3CCOCC3)cc(-n3ccc(-c4cccc(Cl)c4)n3)nc21. The standard InChI is InChI=1S/C22H23ClN6O3S/c1-33(30,31)12-9-28-15-24-21-19(27-7-10-32-11-8-27)14-20(25-22(21)28)29-6-5-18(26-29)16-3-2-4-17(23)13-16/h2-6,13-15H,7-12H2,1H3. The van der Waals surface area contributed by atoms with Crippen molar-refractivity contribution in [2.75, 3.05) is 43.2 Å². The van der Waals surface area contributed by atoms with Gasteiger partial charge in [0.15, 0.2) is 11.5 Å². The highest BCUT2D eigenvalue weighted by atomic mass is 35.5. The molecule has 1 fully saturated rings. The first kappa shape index (κ1) is 21.9. The third-order valence-electron chi connectivity index (χ3n) is 5.54. The van der Waals surface area contributed by atoms with E-state index >= 15 is 0 Å². The molecule has 172 valence electrons.